The van der Waals surface area contributed by atoms with E-state index in [1.54, 1.807) is 25.1 Å². The van der Waals surface area contributed by atoms with Crippen LogP contribution in [0.3, 0.4) is 0 Å². The van der Waals surface area contributed by atoms with Gasteiger partial charge in [0.05, 0.1) is 5.71 Å². The third-order valence-electron chi connectivity index (χ3n) is 4.39. The number of nitrogens with one attached hydrogen (secondary N) is 1. The molecule has 180 valence electrons. The van der Waals surface area contributed by atoms with E-state index in [4.69, 9.17) is 9.68 Å². The molecule has 0 radical (unpaired) electrons. The predicted octanol–water partition coefficient (Wildman–Crippen LogP) is 5.22. The maximum Gasteiger partial charge on any atom is 0.419 e. The van der Waals surface area contributed by atoms with Gasteiger partial charge in [0, 0.05) is 23.7 Å². The lowest BCUT2D eigenvalue weighted by Crippen LogP contribution is -2.29. The highest BCUT2D eigenvalue weighted by Gasteiger charge is 2.37. The van der Waals surface area contributed by atoms with E-state index in [1.807, 2.05) is 13.8 Å². The molecule has 0 aliphatic heterocycles. The van der Waals surface area contributed by atoms with Crippen LogP contribution in [0.1, 0.15) is 48.6 Å². The minimum atomic E-state index is -4.89. The Labute approximate surface area is 190 Å². The second kappa shape index (κ2) is 12.6. The topological polar surface area (TPSA) is 72.3 Å². The minimum Gasteiger partial charge on any atom is -0.398 e. The van der Waals surface area contributed by atoms with E-state index in [1.165, 1.54) is 21.1 Å². The van der Waals surface area contributed by atoms with Gasteiger partial charge in [-0.3, -0.25) is 4.79 Å². The van der Waals surface area contributed by atoms with Gasteiger partial charge in [0.25, 0.3) is 5.91 Å². The fraction of sp³-hybridized carbons (Fsp3) is 0.348. The van der Waals surface area contributed by atoms with E-state index in [2.05, 4.69) is 15.6 Å². The molecule has 0 spiro atoms. The first-order valence-corrected chi connectivity index (χ1v) is 10.1. The highest BCUT2D eigenvalue weighted by molar-refractivity contribution is 6.45. The molecular weight excluding hydrogens is 442 g/mol. The van der Waals surface area contributed by atoms with Gasteiger partial charge in [-0.2, -0.15) is 13.2 Å². The van der Waals surface area contributed by atoms with Gasteiger partial charge in [-0.05, 0) is 25.5 Å². The molecule has 0 heterocycles. The average Bonchev–Trinajstić information content (AvgIpc) is 2.78. The summed E-state index contributed by atoms with van der Waals surface area (Å²) in [5, 5.41) is 9.94. The molecular formula is C23H27F4N3O3. The molecule has 0 fully saturated rings. The van der Waals surface area contributed by atoms with Gasteiger partial charge in [0.15, 0.2) is 5.71 Å². The Hall–Kier alpha value is -3.43. The minimum absolute atomic E-state index is 0.00232. The number of hydrogen-bond donors (Lipinski definition) is 1. The molecule has 1 N–H and O–H groups in total. The van der Waals surface area contributed by atoms with Crippen molar-refractivity contribution in [3.05, 3.63) is 70.0 Å². The van der Waals surface area contributed by atoms with Gasteiger partial charge in [-0.15, -0.1) is 0 Å². The molecule has 0 aromatic heterocycles. The van der Waals surface area contributed by atoms with Gasteiger partial charge in [-0.1, -0.05) is 54.5 Å². The van der Waals surface area contributed by atoms with Crippen molar-refractivity contribution in [1.29, 1.82) is 0 Å². The van der Waals surface area contributed by atoms with Crippen LogP contribution in [0, 0.1) is 12.7 Å². The molecule has 2 rings (SSSR count). The zero-order valence-electron chi connectivity index (χ0n) is 19.3. The van der Waals surface area contributed by atoms with E-state index < -0.39 is 29.0 Å². The average molecular weight is 469 g/mol. The van der Waals surface area contributed by atoms with Crippen LogP contribution in [0.5, 0.6) is 0 Å². The summed E-state index contributed by atoms with van der Waals surface area (Å²) >= 11 is 0. The number of aryl methyl sites for hydroxylation is 1. The number of likely N-dealkylation sites (N-methyl/N-ethyl adjacent to an activating group) is 1. The van der Waals surface area contributed by atoms with Crippen LogP contribution in [0.2, 0.25) is 0 Å². The number of carbonyl (C=O) groups excluding carboxylic acids is 1. The van der Waals surface area contributed by atoms with E-state index in [0.717, 1.165) is 23.8 Å². The first kappa shape index (κ1) is 27.6. The van der Waals surface area contributed by atoms with E-state index in [9.17, 15) is 22.4 Å². The highest BCUT2D eigenvalue weighted by Crippen LogP contribution is 2.34. The zero-order valence-corrected chi connectivity index (χ0v) is 19.3. The number of nitrogens with zero attached hydrogens (tertiary/aromatic N) is 2. The van der Waals surface area contributed by atoms with Crippen LogP contribution in [-0.4, -0.2) is 31.5 Å². The van der Waals surface area contributed by atoms with Crippen molar-refractivity contribution in [3.63, 3.8) is 0 Å². The molecule has 0 bridgehead atoms. The van der Waals surface area contributed by atoms with Crippen molar-refractivity contribution >= 4 is 17.3 Å². The van der Waals surface area contributed by atoms with Crippen molar-refractivity contribution in [2.24, 2.45) is 10.3 Å². The molecule has 0 aliphatic rings. The number of benzene rings is 2. The van der Waals surface area contributed by atoms with Crippen LogP contribution in [0.15, 0.2) is 46.7 Å². The zero-order chi connectivity index (χ0) is 25.2. The summed E-state index contributed by atoms with van der Waals surface area (Å²) < 4.78 is 53.5. The van der Waals surface area contributed by atoms with Gasteiger partial charge < -0.3 is 15.0 Å². The number of hydrogen-bond acceptors (Lipinski definition) is 5. The second-order valence-electron chi connectivity index (χ2n) is 6.41. The molecule has 0 saturated carbocycles. The molecule has 0 aliphatic carbocycles. The summed E-state index contributed by atoms with van der Waals surface area (Å²) in [6, 6.07) is 8.11. The molecule has 6 nitrogen and oxygen atoms in total. The number of rotatable bonds is 7. The monoisotopic (exact) mass is 469 g/mol. The van der Waals surface area contributed by atoms with Crippen molar-refractivity contribution in [2.75, 3.05) is 14.2 Å². The second-order valence-corrected chi connectivity index (χ2v) is 6.41. The lowest BCUT2D eigenvalue weighted by atomic mass is 9.98. The van der Waals surface area contributed by atoms with Crippen LogP contribution >= 0.6 is 0 Å². The van der Waals surface area contributed by atoms with Crippen LogP contribution < -0.4 is 5.32 Å². The first-order valence-electron chi connectivity index (χ1n) is 10.1. The van der Waals surface area contributed by atoms with E-state index in [-0.39, 0.29) is 18.0 Å². The smallest absolute Gasteiger partial charge is 0.398 e. The van der Waals surface area contributed by atoms with Gasteiger partial charge in [0.1, 0.15) is 25.1 Å². The van der Waals surface area contributed by atoms with Gasteiger partial charge in [-0.25, -0.2) is 4.39 Å². The van der Waals surface area contributed by atoms with Crippen molar-refractivity contribution in [2.45, 2.75) is 40.5 Å². The molecule has 0 atom stereocenters. The molecule has 0 unspecified atom stereocenters. The number of alkyl halides is 3. The molecule has 2 aromatic rings. The Morgan fingerprint density at radius 1 is 1.06 bits per heavy atom. The quantitative estimate of drug-likeness (QED) is 0.344. The third-order valence-corrected chi connectivity index (χ3v) is 4.39. The maximum absolute atomic E-state index is 13.8. The Morgan fingerprint density at radius 2 is 1.67 bits per heavy atom. The summed E-state index contributed by atoms with van der Waals surface area (Å²) in [6.07, 6.45) is -4.89. The van der Waals surface area contributed by atoms with E-state index in [0.29, 0.717) is 11.1 Å². The first-order chi connectivity index (χ1) is 15.6. The third kappa shape index (κ3) is 7.03. The fourth-order valence-electron chi connectivity index (χ4n) is 2.89. The Balaban J connectivity index is 0.00000265. The van der Waals surface area contributed by atoms with Crippen molar-refractivity contribution in [1.82, 2.24) is 5.32 Å². The maximum atomic E-state index is 13.8. The Bertz CT molecular complexity index is 1020. The SMILES string of the molecule is CC.CNC(=O)/C(=N/OC)c1cccc(C)c1CO/N=C(\C)c1cccc(F)c1C(F)(F)F. The summed E-state index contributed by atoms with van der Waals surface area (Å²) in [5.41, 5.74) is -0.309. The van der Waals surface area contributed by atoms with E-state index >= 15 is 0 Å². The number of halogens is 4. The lowest BCUT2D eigenvalue weighted by Gasteiger charge is -2.14. The summed E-state index contributed by atoms with van der Waals surface area (Å²) in [7, 11) is 2.73. The molecule has 33 heavy (non-hydrogen) atoms. The highest BCUT2D eigenvalue weighted by atomic mass is 19.4. The fourth-order valence-corrected chi connectivity index (χ4v) is 2.89. The number of carbonyl (C=O) groups is 1. The summed E-state index contributed by atoms with van der Waals surface area (Å²) in [6.45, 7) is 6.88. The number of amides is 1. The normalized spacial score (nSPS) is 11.9. The largest absolute Gasteiger partial charge is 0.419 e. The van der Waals surface area contributed by atoms with Crippen molar-refractivity contribution < 1.29 is 32.0 Å². The summed E-state index contributed by atoms with van der Waals surface area (Å²) in [5.74, 6) is -1.89. The Morgan fingerprint density at radius 3 is 2.24 bits per heavy atom. The number of oxime groups is 2. The van der Waals surface area contributed by atoms with Gasteiger partial charge >= 0.3 is 6.18 Å². The van der Waals surface area contributed by atoms with Crippen molar-refractivity contribution in [3.8, 4) is 0 Å². The van der Waals surface area contributed by atoms with Crippen LogP contribution in [0.4, 0.5) is 17.6 Å². The van der Waals surface area contributed by atoms with Crippen LogP contribution in [-0.2, 0) is 27.3 Å². The molecule has 10 heteroatoms. The van der Waals surface area contributed by atoms with Crippen LogP contribution in [0.25, 0.3) is 0 Å². The molecule has 2 aromatic carbocycles. The standard InChI is InChI=1S/C21H21F4N3O3.C2H6/c1-12-7-5-9-15(19(28-30-4)20(29)26-3)16(12)11-31-27-13(2)14-8-6-10-17(22)18(14)21(23,24)25;1-2/h5-10H,11H2,1-4H3,(H,26,29);1-2H3/b27-13+,28-19+;. The molecule has 1 amide bonds. The molecule has 0 saturated heterocycles. The summed E-state index contributed by atoms with van der Waals surface area (Å²) in [4.78, 5) is 22.2. The predicted molar refractivity (Wildman–Crippen MR) is 119 cm³/mol. The Kier molecular flexibility index (Phi) is 10.5. The lowest BCUT2D eigenvalue weighted by molar-refractivity contribution is -0.140. The van der Waals surface area contributed by atoms with Gasteiger partial charge in [0.2, 0.25) is 0 Å².